The Morgan fingerprint density at radius 3 is 2.31 bits per heavy atom. The van der Waals surface area contributed by atoms with E-state index in [-0.39, 0.29) is 0 Å². The lowest BCUT2D eigenvalue weighted by molar-refractivity contribution is 0.0764. The normalized spacial score (nSPS) is 25.7. The number of hydrogen-bond donors (Lipinski definition) is 1. The fourth-order valence-corrected chi connectivity index (χ4v) is 3.55. The SMILES string of the molecule is CN(CC1CCCCC1)CC1(CN)CCC1. The predicted octanol–water partition coefficient (Wildman–Crippen LogP) is 2.63. The summed E-state index contributed by atoms with van der Waals surface area (Å²) in [6.07, 6.45) is 11.4. The third-order valence-electron chi connectivity index (χ3n) is 4.75. The van der Waals surface area contributed by atoms with E-state index in [4.69, 9.17) is 5.73 Å². The van der Waals surface area contributed by atoms with Crippen LogP contribution >= 0.6 is 0 Å². The summed E-state index contributed by atoms with van der Waals surface area (Å²) in [4.78, 5) is 2.56. The van der Waals surface area contributed by atoms with Gasteiger partial charge in [0.1, 0.15) is 0 Å². The highest BCUT2D eigenvalue weighted by molar-refractivity contribution is 4.91. The maximum atomic E-state index is 5.92. The van der Waals surface area contributed by atoms with Gasteiger partial charge in [0.05, 0.1) is 0 Å². The van der Waals surface area contributed by atoms with Gasteiger partial charge < -0.3 is 10.6 Å². The first-order valence-electron chi connectivity index (χ1n) is 7.13. The second-order valence-electron chi connectivity index (χ2n) is 6.26. The molecule has 2 nitrogen and oxygen atoms in total. The molecule has 0 bridgehead atoms. The average molecular weight is 224 g/mol. The fraction of sp³-hybridized carbons (Fsp3) is 1.00. The van der Waals surface area contributed by atoms with Gasteiger partial charge in [0.2, 0.25) is 0 Å². The molecule has 0 saturated heterocycles. The lowest BCUT2D eigenvalue weighted by atomic mass is 9.68. The standard InChI is InChI=1S/C14H28N2/c1-16(10-13-6-3-2-4-7-13)12-14(11-15)8-5-9-14/h13H,2-12,15H2,1H3. The molecule has 0 aliphatic heterocycles. The monoisotopic (exact) mass is 224 g/mol. The minimum absolute atomic E-state index is 0.490. The third kappa shape index (κ3) is 2.98. The molecule has 0 atom stereocenters. The van der Waals surface area contributed by atoms with Crippen LogP contribution in [0.3, 0.4) is 0 Å². The van der Waals surface area contributed by atoms with Crippen molar-refractivity contribution in [2.45, 2.75) is 51.4 Å². The van der Waals surface area contributed by atoms with Gasteiger partial charge >= 0.3 is 0 Å². The van der Waals surface area contributed by atoms with E-state index in [0.29, 0.717) is 5.41 Å². The molecule has 94 valence electrons. The van der Waals surface area contributed by atoms with Crippen LogP contribution in [0.15, 0.2) is 0 Å². The van der Waals surface area contributed by atoms with Crippen LogP contribution in [-0.4, -0.2) is 31.6 Å². The molecule has 0 unspecified atom stereocenters. The van der Waals surface area contributed by atoms with E-state index in [0.717, 1.165) is 12.5 Å². The van der Waals surface area contributed by atoms with Gasteiger partial charge in [-0.3, -0.25) is 0 Å². The van der Waals surface area contributed by atoms with Crippen molar-refractivity contribution in [3.8, 4) is 0 Å². The summed E-state index contributed by atoms with van der Waals surface area (Å²) in [5.41, 5.74) is 6.41. The van der Waals surface area contributed by atoms with Gasteiger partial charge in [-0.1, -0.05) is 25.7 Å². The molecule has 0 spiro atoms. The molecule has 2 saturated carbocycles. The van der Waals surface area contributed by atoms with Crippen molar-refractivity contribution >= 4 is 0 Å². The maximum absolute atomic E-state index is 5.92. The van der Waals surface area contributed by atoms with Crippen LogP contribution in [0, 0.1) is 11.3 Å². The van der Waals surface area contributed by atoms with Crippen molar-refractivity contribution in [2.75, 3.05) is 26.7 Å². The Morgan fingerprint density at radius 2 is 1.81 bits per heavy atom. The Hall–Kier alpha value is -0.0800. The summed E-state index contributed by atoms with van der Waals surface area (Å²) in [5.74, 6) is 0.966. The highest BCUT2D eigenvalue weighted by atomic mass is 15.1. The molecule has 0 amide bonds. The first kappa shape index (κ1) is 12.4. The lowest BCUT2D eigenvalue weighted by Gasteiger charge is -2.44. The van der Waals surface area contributed by atoms with Gasteiger partial charge in [-0.05, 0) is 50.6 Å². The fourth-order valence-electron chi connectivity index (χ4n) is 3.55. The van der Waals surface area contributed by atoms with Crippen LogP contribution in [0.5, 0.6) is 0 Å². The molecule has 0 aromatic heterocycles. The number of nitrogens with zero attached hydrogens (tertiary/aromatic N) is 1. The van der Waals surface area contributed by atoms with E-state index < -0.39 is 0 Å². The molecule has 2 fully saturated rings. The van der Waals surface area contributed by atoms with Crippen molar-refractivity contribution in [1.29, 1.82) is 0 Å². The smallest absolute Gasteiger partial charge is 0.00471 e. The van der Waals surface area contributed by atoms with E-state index >= 15 is 0 Å². The summed E-state index contributed by atoms with van der Waals surface area (Å²) in [6.45, 7) is 3.43. The van der Waals surface area contributed by atoms with Crippen LogP contribution in [0.25, 0.3) is 0 Å². The van der Waals surface area contributed by atoms with Gasteiger partial charge in [-0.25, -0.2) is 0 Å². The van der Waals surface area contributed by atoms with Gasteiger partial charge in [0.15, 0.2) is 0 Å². The van der Waals surface area contributed by atoms with Crippen molar-refractivity contribution in [1.82, 2.24) is 4.90 Å². The van der Waals surface area contributed by atoms with E-state index in [9.17, 15) is 0 Å². The minimum atomic E-state index is 0.490. The maximum Gasteiger partial charge on any atom is 0.00471 e. The molecule has 0 heterocycles. The molecule has 2 N–H and O–H groups in total. The van der Waals surface area contributed by atoms with E-state index in [1.165, 1.54) is 64.5 Å². The summed E-state index contributed by atoms with van der Waals surface area (Å²) in [6, 6.07) is 0. The Kier molecular flexibility index (Phi) is 4.26. The summed E-state index contributed by atoms with van der Waals surface area (Å²) in [7, 11) is 2.30. The lowest BCUT2D eigenvalue weighted by Crippen LogP contribution is -2.47. The summed E-state index contributed by atoms with van der Waals surface area (Å²) in [5, 5.41) is 0. The summed E-state index contributed by atoms with van der Waals surface area (Å²) >= 11 is 0. The van der Waals surface area contributed by atoms with Gasteiger partial charge in [-0.15, -0.1) is 0 Å². The second-order valence-corrected chi connectivity index (χ2v) is 6.26. The number of nitrogens with two attached hydrogens (primary N) is 1. The van der Waals surface area contributed by atoms with Crippen molar-refractivity contribution in [3.63, 3.8) is 0 Å². The molecule has 0 radical (unpaired) electrons. The van der Waals surface area contributed by atoms with E-state index in [1.807, 2.05) is 0 Å². The molecule has 0 aromatic carbocycles. The van der Waals surface area contributed by atoms with Crippen LogP contribution in [0.2, 0.25) is 0 Å². The minimum Gasteiger partial charge on any atom is -0.330 e. The zero-order chi connectivity index (χ0) is 11.4. The average Bonchev–Trinajstić information content (AvgIpc) is 2.25. The zero-order valence-corrected chi connectivity index (χ0v) is 10.9. The van der Waals surface area contributed by atoms with Gasteiger partial charge in [-0.2, -0.15) is 0 Å². The number of rotatable bonds is 5. The first-order chi connectivity index (χ1) is 7.74. The summed E-state index contributed by atoms with van der Waals surface area (Å²) < 4.78 is 0. The second kappa shape index (κ2) is 5.50. The topological polar surface area (TPSA) is 29.3 Å². The predicted molar refractivity (Wildman–Crippen MR) is 69.4 cm³/mol. The molecular formula is C14H28N2. The molecule has 16 heavy (non-hydrogen) atoms. The largest absolute Gasteiger partial charge is 0.330 e. The highest BCUT2D eigenvalue weighted by Gasteiger charge is 2.36. The molecule has 0 aromatic rings. The van der Waals surface area contributed by atoms with E-state index in [1.54, 1.807) is 0 Å². The Balaban J connectivity index is 1.72. The molecule has 2 aliphatic rings. The van der Waals surface area contributed by atoms with E-state index in [2.05, 4.69) is 11.9 Å². The van der Waals surface area contributed by atoms with Crippen LogP contribution in [0.1, 0.15) is 51.4 Å². The van der Waals surface area contributed by atoms with Crippen molar-refractivity contribution in [2.24, 2.45) is 17.1 Å². The Morgan fingerprint density at radius 1 is 1.12 bits per heavy atom. The molecule has 2 aliphatic carbocycles. The Labute approximate surface area is 101 Å². The zero-order valence-electron chi connectivity index (χ0n) is 10.9. The Bertz CT molecular complexity index is 199. The third-order valence-corrected chi connectivity index (χ3v) is 4.75. The highest BCUT2D eigenvalue weighted by Crippen LogP contribution is 2.40. The van der Waals surface area contributed by atoms with Gasteiger partial charge in [0, 0.05) is 13.1 Å². The number of hydrogen-bond acceptors (Lipinski definition) is 2. The first-order valence-corrected chi connectivity index (χ1v) is 7.13. The van der Waals surface area contributed by atoms with Crippen LogP contribution < -0.4 is 5.73 Å². The molecular weight excluding hydrogens is 196 g/mol. The van der Waals surface area contributed by atoms with Crippen molar-refractivity contribution < 1.29 is 0 Å². The van der Waals surface area contributed by atoms with Crippen LogP contribution in [0.4, 0.5) is 0 Å². The molecule has 2 heteroatoms. The van der Waals surface area contributed by atoms with Crippen molar-refractivity contribution in [3.05, 3.63) is 0 Å². The quantitative estimate of drug-likeness (QED) is 0.778. The van der Waals surface area contributed by atoms with Crippen LogP contribution in [-0.2, 0) is 0 Å². The van der Waals surface area contributed by atoms with Gasteiger partial charge in [0.25, 0.3) is 0 Å². The molecule has 2 rings (SSSR count).